The minimum Gasteiger partial charge on any atom is -0.444 e. The number of nitrogens with zero attached hydrogens (tertiary/aromatic N) is 2. The molecule has 1 aliphatic carbocycles. The highest BCUT2D eigenvalue weighted by Crippen LogP contribution is 2.33. The quantitative estimate of drug-likeness (QED) is 0.801. The predicted molar refractivity (Wildman–Crippen MR) is 87.2 cm³/mol. The van der Waals surface area contributed by atoms with Crippen molar-refractivity contribution >= 4 is 34.3 Å². The molecule has 1 fully saturated rings. The number of hydrogen-bond donors (Lipinski definition) is 2. The number of rotatable bonds is 3. The number of carbonyl (C=O) groups is 1. The number of halogens is 1. The summed E-state index contributed by atoms with van der Waals surface area (Å²) in [5.74, 6) is 1.05. The normalized spacial score (nSPS) is 25.7. The fraction of sp³-hybridized carbons (Fsp3) is 0.643. The predicted octanol–water partition coefficient (Wildman–Crippen LogP) is 1.87. The van der Waals surface area contributed by atoms with E-state index in [1.807, 2.05) is 20.8 Å². The van der Waals surface area contributed by atoms with Crippen LogP contribution >= 0.6 is 11.6 Å². The lowest BCUT2D eigenvalue weighted by Crippen LogP contribution is -2.35. The number of anilines is 1. The summed E-state index contributed by atoms with van der Waals surface area (Å²) in [6, 6.07) is -0.0146. The van der Waals surface area contributed by atoms with Crippen molar-refractivity contribution in [3.63, 3.8) is 0 Å². The van der Waals surface area contributed by atoms with Gasteiger partial charge in [0.05, 0.1) is 28.6 Å². The van der Waals surface area contributed by atoms with Crippen LogP contribution in [0.25, 0.3) is 0 Å². The van der Waals surface area contributed by atoms with Crippen molar-refractivity contribution in [1.29, 1.82) is 0 Å². The molecule has 1 aromatic heterocycles. The Balaban J connectivity index is 1.62. The molecular formula is C14H19ClN4O3S. The molecule has 0 bridgehead atoms. The second-order valence-electron chi connectivity index (χ2n) is 6.66. The summed E-state index contributed by atoms with van der Waals surface area (Å²) in [7, 11) is -1.10. The SMILES string of the molecule is CC(C)(C)OC(=O)NC1CC1Nc1nc(Cl)nc2c1S(=O)CC2. The van der Waals surface area contributed by atoms with E-state index in [1.165, 1.54) is 0 Å². The summed E-state index contributed by atoms with van der Waals surface area (Å²) in [5, 5.41) is 6.15. The van der Waals surface area contributed by atoms with Gasteiger partial charge in [-0.15, -0.1) is 0 Å². The standard InChI is InChI=1S/C14H19ClN4O3S/c1-14(2,3)22-13(20)18-9-6-8(9)16-11-10-7(4-5-23(10)21)17-12(15)19-11/h8-9H,4-6H2,1-3H3,(H,18,20)(H,16,17,19). The van der Waals surface area contributed by atoms with E-state index in [0.29, 0.717) is 22.9 Å². The maximum Gasteiger partial charge on any atom is 0.407 e. The molecule has 23 heavy (non-hydrogen) atoms. The lowest BCUT2D eigenvalue weighted by Gasteiger charge is -2.19. The Kier molecular flexibility index (Phi) is 4.22. The van der Waals surface area contributed by atoms with Gasteiger partial charge in [0.15, 0.2) is 0 Å². The van der Waals surface area contributed by atoms with Gasteiger partial charge in [0.25, 0.3) is 0 Å². The zero-order valence-electron chi connectivity index (χ0n) is 13.2. The van der Waals surface area contributed by atoms with E-state index < -0.39 is 22.5 Å². The number of fused-ring (bicyclic) bond motifs is 1. The average molecular weight is 359 g/mol. The minimum atomic E-state index is -1.10. The third-order valence-corrected chi connectivity index (χ3v) is 5.10. The van der Waals surface area contributed by atoms with Crippen LogP contribution in [0, 0.1) is 0 Å². The molecule has 2 aliphatic rings. The zero-order valence-corrected chi connectivity index (χ0v) is 14.8. The van der Waals surface area contributed by atoms with Crippen molar-refractivity contribution in [1.82, 2.24) is 15.3 Å². The molecule has 2 heterocycles. The molecular weight excluding hydrogens is 340 g/mol. The van der Waals surface area contributed by atoms with E-state index >= 15 is 0 Å². The number of aromatic nitrogens is 2. The number of hydrogen-bond acceptors (Lipinski definition) is 6. The summed E-state index contributed by atoms with van der Waals surface area (Å²) in [4.78, 5) is 20.7. The maximum absolute atomic E-state index is 12.1. The number of nitrogens with one attached hydrogen (secondary N) is 2. The summed E-state index contributed by atoms with van der Waals surface area (Å²) in [6.45, 7) is 5.45. The molecule has 1 saturated carbocycles. The van der Waals surface area contributed by atoms with Gasteiger partial charge in [-0.1, -0.05) is 0 Å². The summed E-state index contributed by atoms with van der Waals surface area (Å²) < 4.78 is 17.3. The van der Waals surface area contributed by atoms with Gasteiger partial charge in [0.1, 0.15) is 16.3 Å². The summed E-state index contributed by atoms with van der Waals surface area (Å²) in [5.41, 5.74) is 0.211. The van der Waals surface area contributed by atoms with Crippen molar-refractivity contribution in [3.05, 3.63) is 11.0 Å². The van der Waals surface area contributed by atoms with Crippen molar-refractivity contribution in [3.8, 4) is 0 Å². The molecule has 3 atom stereocenters. The van der Waals surface area contributed by atoms with E-state index in [0.717, 1.165) is 12.1 Å². The van der Waals surface area contributed by atoms with Crippen molar-refractivity contribution < 1.29 is 13.7 Å². The number of aryl methyl sites for hydroxylation is 1. The molecule has 7 nitrogen and oxygen atoms in total. The smallest absolute Gasteiger partial charge is 0.407 e. The van der Waals surface area contributed by atoms with Gasteiger partial charge in [-0.3, -0.25) is 4.21 Å². The number of carbonyl (C=O) groups excluding carboxylic acids is 1. The first kappa shape index (κ1) is 16.4. The van der Waals surface area contributed by atoms with Gasteiger partial charge in [-0.05, 0) is 38.8 Å². The molecule has 3 rings (SSSR count). The van der Waals surface area contributed by atoms with Crippen LogP contribution < -0.4 is 10.6 Å². The molecule has 0 saturated heterocycles. The zero-order chi connectivity index (χ0) is 16.8. The van der Waals surface area contributed by atoms with Crippen LogP contribution in [-0.4, -0.2) is 43.7 Å². The monoisotopic (exact) mass is 358 g/mol. The largest absolute Gasteiger partial charge is 0.444 e. The Labute approximate surface area is 142 Å². The Morgan fingerprint density at radius 3 is 2.78 bits per heavy atom. The number of alkyl carbamates (subject to hydrolysis) is 1. The molecule has 0 spiro atoms. The van der Waals surface area contributed by atoms with Crippen LogP contribution in [0.3, 0.4) is 0 Å². The van der Waals surface area contributed by atoms with Gasteiger partial charge in [-0.25, -0.2) is 9.78 Å². The molecule has 1 aromatic rings. The van der Waals surface area contributed by atoms with Gasteiger partial charge in [0.2, 0.25) is 5.28 Å². The van der Waals surface area contributed by atoms with Crippen molar-refractivity contribution in [2.45, 2.75) is 56.2 Å². The number of ether oxygens (including phenoxy) is 1. The first-order valence-electron chi connectivity index (χ1n) is 7.44. The lowest BCUT2D eigenvalue weighted by molar-refractivity contribution is 0.0523. The topological polar surface area (TPSA) is 93.2 Å². The molecule has 2 N–H and O–H groups in total. The van der Waals surface area contributed by atoms with E-state index in [2.05, 4.69) is 20.6 Å². The molecule has 0 radical (unpaired) electrons. The Morgan fingerprint density at radius 2 is 2.09 bits per heavy atom. The third-order valence-electron chi connectivity index (χ3n) is 3.48. The van der Waals surface area contributed by atoms with E-state index in [-0.39, 0.29) is 17.4 Å². The highest BCUT2D eigenvalue weighted by Gasteiger charge is 2.41. The highest BCUT2D eigenvalue weighted by molar-refractivity contribution is 7.85. The highest BCUT2D eigenvalue weighted by atomic mass is 35.5. The average Bonchev–Trinajstić information content (AvgIpc) is 2.98. The van der Waals surface area contributed by atoms with Gasteiger partial charge < -0.3 is 15.4 Å². The van der Waals surface area contributed by atoms with Crippen LogP contribution in [0.2, 0.25) is 5.28 Å². The summed E-state index contributed by atoms with van der Waals surface area (Å²) >= 11 is 5.92. The Morgan fingerprint density at radius 1 is 1.35 bits per heavy atom. The Bertz CT molecular complexity index is 677. The Hall–Kier alpha value is -1.41. The van der Waals surface area contributed by atoms with Gasteiger partial charge in [-0.2, -0.15) is 4.98 Å². The van der Waals surface area contributed by atoms with Crippen LogP contribution in [0.15, 0.2) is 4.90 Å². The molecule has 1 aliphatic heterocycles. The first-order chi connectivity index (χ1) is 10.7. The van der Waals surface area contributed by atoms with Crippen LogP contribution in [0.5, 0.6) is 0 Å². The fourth-order valence-corrected chi connectivity index (χ4v) is 3.91. The summed E-state index contributed by atoms with van der Waals surface area (Å²) in [6.07, 6.45) is 0.951. The molecule has 0 aromatic carbocycles. The third kappa shape index (κ3) is 3.92. The van der Waals surface area contributed by atoms with Gasteiger partial charge >= 0.3 is 6.09 Å². The van der Waals surface area contributed by atoms with E-state index in [4.69, 9.17) is 16.3 Å². The lowest BCUT2D eigenvalue weighted by atomic mass is 10.2. The second kappa shape index (κ2) is 5.90. The van der Waals surface area contributed by atoms with Crippen LogP contribution in [0.4, 0.5) is 10.6 Å². The van der Waals surface area contributed by atoms with Crippen molar-refractivity contribution in [2.75, 3.05) is 11.1 Å². The molecule has 126 valence electrons. The molecule has 1 amide bonds. The van der Waals surface area contributed by atoms with Crippen LogP contribution in [-0.2, 0) is 22.0 Å². The molecule has 9 heteroatoms. The molecule has 3 unspecified atom stereocenters. The van der Waals surface area contributed by atoms with Gasteiger partial charge in [0, 0.05) is 12.2 Å². The van der Waals surface area contributed by atoms with Crippen molar-refractivity contribution in [2.24, 2.45) is 0 Å². The maximum atomic E-state index is 12.1. The second-order valence-corrected chi connectivity index (χ2v) is 8.50. The van der Waals surface area contributed by atoms with E-state index in [1.54, 1.807) is 0 Å². The van der Waals surface area contributed by atoms with E-state index in [9.17, 15) is 9.00 Å². The van der Waals surface area contributed by atoms with Crippen LogP contribution in [0.1, 0.15) is 32.9 Å². The first-order valence-corrected chi connectivity index (χ1v) is 9.13. The minimum absolute atomic E-state index is 0.0233. The number of amides is 1. The fourth-order valence-electron chi connectivity index (χ4n) is 2.41.